The molecule has 2 saturated heterocycles. The predicted molar refractivity (Wildman–Crippen MR) is 77.7 cm³/mol. The highest BCUT2D eigenvalue weighted by Crippen LogP contribution is 2.24. The Bertz CT molecular complexity index is 463. The Hall–Kier alpha value is -1.79. The largest absolute Gasteiger partial charge is 0.337 e. The van der Waals surface area contributed by atoms with Gasteiger partial charge in [0.05, 0.1) is 6.54 Å². The first-order chi connectivity index (χ1) is 9.78. The summed E-state index contributed by atoms with van der Waals surface area (Å²) in [6.07, 6.45) is 2.22. The van der Waals surface area contributed by atoms with Crippen molar-refractivity contribution in [3.05, 3.63) is 0 Å². The zero-order valence-corrected chi connectivity index (χ0v) is 12.9. The SMILES string of the molecule is CCC(C)(C)CNC(=O)N1CCCC2(C1)NC(=O)NC2=O. The number of amides is 5. The summed E-state index contributed by atoms with van der Waals surface area (Å²) in [6, 6.07) is -0.654. The van der Waals surface area contributed by atoms with Crippen molar-refractivity contribution in [2.24, 2.45) is 5.41 Å². The first kappa shape index (κ1) is 15.6. The van der Waals surface area contributed by atoms with E-state index in [2.05, 4.69) is 36.7 Å². The second-order valence-corrected chi connectivity index (χ2v) is 6.69. The van der Waals surface area contributed by atoms with Crippen molar-refractivity contribution in [1.29, 1.82) is 0 Å². The topological polar surface area (TPSA) is 90.5 Å². The third kappa shape index (κ3) is 3.28. The Labute approximate surface area is 124 Å². The van der Waals surface area contributed by atoms with E-state index in [1.165, 1.54) is 0 Å². The van der Waals surface area contributed by atoms with E-state index < -0.39 is 11.6 Å². The Balaban J connectivity index is 1.97. The number of hydrogen-bond acceptors (Lipinski definition) is 3. The van der Waals surface area contributed by atoms with Gasteiger partial charge in [0.15, 0.2) is 0 Å². The molecule has 1 spiro atoms. The van der Waals surface area contributed by atoms with Crippen LogP contribution in [-0.4, -0.2) is 48.0 Å². The molecule has 2 heterocycles. The van der Waals surface area contributed by atoms with Crippen LogP contribution in [0.4, 0.5) is 9.59 Å². The Morgan fingerprint density at radius 1 is 1.43 bits per heavy atom. The molecule has 1 unspecified atom stereocenters. The molecular weight excluding hydrogens is 272 g/mol. The van der Waals surface area contributed by atoms with Gasteiger partial charge in [0.1, 0.15) is 5.54 Å². The lowest BCUT2D eigenvalue weighted by atomic mass is 9.89. The normalized spacial score (nSPS) is 25.8. The molecule has 5 amide bonds. The maximum atomic E-state index is 12.3. The Kier molecular flexibility index (Phi) is 4.11. The number of carbonyl (C=O) groups excluding carboxylic acids is 3. The minimum absolute atomic E-state index is 0.0437. The summed E-state index contributed by atoms with van der Waals surface area (Å²) in [7, 11) is 0. The van der Waals surface area contributed by atoms with E-state index in [9.17, 15) is 14.4 Å². The van der Waals surface area contributed by atoms with Gasteiger partial charge < -0.3 is 15.5 Å². The summed E-state index contributed by atoms with van der Waals surface area (Å²) < 4.78 is 0. The monoisotopic (exact) mass is 296 g/mol. The van der Waals surface area contributed by atoms with Crippen molar-refractivity contribution < 1.29 is 14.4 Å². The molecule has 1 atom stereocenters. The summed E-state index contributed by atoms with van der Waals surface area (Å²) >= 11 is 0. The van der Waals surface area contributed by atoms with Crippen LogP contribution in [-0.2, 0) is 4.79 Å². The summed E-state index contributed by atoms with van der Waals surface area (Å²) in [5.74, 6) is -0.334. The van der Waals surface area contributed by atoms with Crippen LogP contribution in [0.3, 0.4) is 0 Å². The lowest BCUT2D eigenvalue weighted by Crippen LogP contribution is -2.61. The molecule has 7 heteroatoms. The van der Waals surface area contributed by atoms with Crippen molar-refractivity contribution in [3.63, 3.8) is 0 Å². The van der Waals surface area contributed by atoms with Crippen molar-refractivity contribution in [2.75, 3.05) is 19.6 Å². The molecule has 2 aliphatic rings. The molecule has 2 rings (SSSR count). The number of imide groups is 1. The number of urea groups is 2. The Morgan fingerprint density at radius 2 is 2.14 bits per heavy atom. The molecule has 2 fully saturated rings. The van der Waals surface area contributed by atoms with Gasteiger partial charge in [0.2, 0.25) is 0 Å². The smallest absolute Gasteiger partial charge is 0.322 e. The standard InChI is InChI=1S/C14H24N4O3/c1-4-13(2,3)8-15-12(21)18-7-5-6-14(9-18)10(19)16-11(20)17-14/h4-9H2,1-3H3,(H,15,21)(H2,16,17,19,20). The van der Waals surface area contributed by atoms with Gasteiger partial charge in [-0.2, -0.15) is 0 Å². The number of hydrogen-bond donors (Lipinski definition) is 3. The lowest BCUT2D eigenvalue weighted by Gasteiger charge is -2.38. The molecule has 7 nitrogen and oxygen atoms in total. The van der Waals surface area contributed by atoms with Crippen molar-refractivity contribution in [2.45, 2.75) is 45.6 Å². The Morgan fingerprint density at radius 3 is 2.71 bits per heavy atom. The highest BCUT2D eigenvalue weighted by molar-refractivity contribution is 6.07. The fourth-order valence-corrected chi connectivity index (χ4v) is 2.60. The van der Waals surface area contributed by atoms with Gasteiger partial charge in [-0.3, -0.25) is 10.1 Å². The average Bonchev–Trinajstić information content (AvgIpc) is 2.70. The van der Waals surface area contributed by atoms with E-state index in [-0.39, 0.29) is 23.9 Å². The average molecular weight is 296 g/mol. The predicted octanol–water partition coefficient (Wildman–Crippen LogP) is 0.806. The van der Waals surface area contributed by atoms with Gasteiger partial charge in [-0.05, 0) is 24.7 Å². The third-order valence-electron chi connectivity index (χ3n) is 4.47. The van der Waals surface area contributed by atoms with E-state index >= 15 is 0 Å². The molecule has 21 heavy (non-hydrogen) atoms. The molecular formula is C14H24N4O3. The van der Waals surface area contributed by atoms with Gasteiger partial charge in [-0.1, -0.05) is 20.8 Å². The van der Waals surface area contributed by atoms with Gasteiger partial charge in [0, 0.05) is 13.1 Å². The molecule has 0 aromatic carbocycles. The number of carbonyl (C=O) groups is 3. The van der Waals surface area contributed by atoms with E-state index in [0.717, 1.165) is 6.42 Å². The first-order valence-electron chi connectivity index (χ1n) is 7.44. The first-order valence-corrected chi connectivity index (χ1v) is 7.44. The highest BCUT2D eigenvalue weighted by Gasteiger charge is 2.49. The number of nitrogens with zero attached hydrogens (tertiary/aromatic N) is 1. The summed E-state index contributed by atoms with van der Waals surface area (Å²) in [6.45, 7) is 7.68. The maximum Gasteiger partial charge on any atom is 0.322 e. The van der Waals surface area contributed by atoms with Gasteiger partial charge in [0.25, 0.3) is 5.91 Å². The fraction of sp³-hybridized carbons (Fsp3) is 0.786. The fourth-order valence-electron chi connectivity index (χ4n) is 2.60. The lowest BCUT2D eigenvalue weighted by molar-refractivity contribution is -0.125. The maximum absolute atomic E-state index is 12.3. The summed E-state index contributed by atoms with van der Waals surface area (Å²) in [4.78, 5) is 37.1. The second-order valence-electron chi connectivity index (χ2n) is 6.69. The summed E-state index contributed by atoms with van der Waals surface area (Å²) in [5.41, 5.74) is -0.908. The van der Waals surface area contributed by atoms with Crippen molar-refractivity contribution in [3.8, 4) is 0 Å². The highest BCUT2D eigenvalue weighted by atomic mass is 16.2. The minimum atomic E-state index is -0.951. The van der Waals surface area contributed by atoms with E-state index in [4.69, 9.17) is 0 Å². The van der Waals surface area contributed by atoms with Crippen LogP contribution in [0, 0.1) is 5.41 Å². The van der Waals surface area contributed by atoms with Crippen LogP contribution in [0.5, 0.6) is 0 Å². The molecule has 0 saturated carbocycles. The molecule has 3 N–H and O–H groups in total. The third-order valence-corrected chi connectivity index (χ3v) is 4.47. The number of rotatable bonds is 3. The van der Waals surface area contributed by atoms with Crippen LogP contribution in [0.1, 0.15) is 40.0 Å². The van der Waals surface area contributed by atoms with E-state index in [1.54, 1.807) is 4.90 Å². The molecule has 118 valence electrons. The number of likely N-dealkylation sites (tertiary alicyclic amines) is 1. The molecule has 0 bridgehead atoms. The second kappa shape index (κ2) is 5.54. The number of piperidine rings is 1. The van der Waals surface area contributed by atoms with Crippen LogP contribution in [0.15, 0.2) is 0 Å². The molecule has 0 aliphatic carbocycles. The minimum Gasteiger partial charge on any atom is -0.337 e. The molecule has 0 aromatic rings. The van der Waals surface area contributed by atoms with Gasteiger partial charge >= 0.3 is 12.1 Å². The zero-order valence-electron chi connectivity index (χ0n) is 12.9. The quantitative estimate of drug-likeness (QED) is 0.673. The van der Waals surface area contributed by atoms with Crippen LogP contribution < -0.4 is 16.0 Å². The zero-order chi connectivity index (χ0) is 15.7. The van der Waals surface area contributed by atoms with Crippen molar-refractivity contribution in [1.82, 2.24) is 20.9 Å². The molecule has 2 aliphatic heterocycles. The van der Waals surface area contributed by atoms with Gasteiger partial charge in [-0.15, -0.1) is 0 Å². The molecule has 0 radical (unpaired) electrons. The van der Waals surface area contributed by atoms with Crippen LogP contribution >= 0.6 is 0 Å². The van der Waals surface area contributed by atoms with Crippen LogP contribution in [0.2, 0.25) is 0 Å². The number of nitrogens with one attached hydrogen (secondary N) is 3. The summed E-state index contributed by atoms with van der Waals surface area (Å²) in [5, 5.41) is 7.84. The van der Waals surface area contributed by atoms with Gasteiger partial charge in [-0.25, -0.2) is 9.59 Å². The van der Waals surface area contributed by atoms with Crippen molar-refractivity contribution >= 4 is 18.0 Å². The molecule has 0 aromatic heterocycles. The van der Waals surface area contributed by atoms with E-state index in [0.29, 0.717) is 25.9 Å². The van der Waals surface area contributed by atoms with E-state index in [1.807, 2.05) is 0 Å². The van der Waals surface area contributed by atoms with Crippen LogP contribution in [0.25, 0.3) is 0 Å².